The number of aromatic nitrogens is 3. The average molecular weight is 751 g/mol. The standard InChI is InChI=1S/C43H46N10O3/c1-49(2)39-13-7-32(25-45-39)37-23-33(27-53-42(37)34(24-44)26-46-53)30-5-10-36(11-6-30)51-19-21-52(22-20-51)41(55)28-50-17-15-31(16-18-50)29-3-8-35(9-4-29)47-38-12-14-40(54)48-43(38)56/h3-11,13,23,25-27,31,38,47H,12,14-22,28H2,1-2H3,(H,48,54,56). The van der Waals surface area contributed by atoms with Crippen molar-refractivity contribution < 1.29 is 14.4 Å². The molecule has 3 aliphatic rings. The van der Waals surface area contributed by atoms with Gasteiger partial charge in [0.1, 0.15) is 17.9 Å². The number of nitrogens with zero attached hydrogens (tertiary/aromatic N) is 8. The molecule has 3 amide bonds. The van der Waals surface area contributed by atoms with Crippen molar-refractivity contribution in [3.05, 3.63) is 96.4 Å². The summed E-state index contributed by atoms with van der Waals surface area (Å²) in [4.78, 5) is 50.1. The molecule has 1 atom stereocenters. The molecule has 0 spiro atoms. The fourth-order valence-electron chi connectivity index (χ4n) is 8.07. The van der Waals surface area contributed by atoms with Crippen molar-refractivity contribution in [2.24, 2.45) is 0 Å². The zero-order valence-corrected chi connectivity index (χ0v) is 31.8. The second kappa shape index (κ2) is 15.8. The Balaban J connectivity index is 0.832. The topological polar surface area (TPSA) is 142 Å². The minimum Gasteiger partial charge on any atom is -0.374 e. The molecular weight excluding hydrogens is 705 g/mol. The average Bonchev–Trinajstić information content (AvgIpc) is 3.66. The van der Waals surface area contributed by atoms with Crippen LogP contribution in [0.4, 0.5) is 17.2 Å². The van der Waals surface area contributed by atoms with Gasteiger partial charge in [0.25, 0.3) is 0 Å². The number of fused-ring (bicyclic) bond motifs is 1. The smallest absolute Gasteiger partial charge is 0.249 e. The van der Waals surface area contributed by atoms with Crippen LogP contribution in [-0.2, 0) is 14.4 Å². The third-order valence-corrected chi connectivity index (χ3v) is 11.4. The number of nitriles is 1. The van der Waals surface area contributed by atoms with Gasteiger partial charge >= 0.3 is 0 Å². The highest BCUT2D eigenvalue weighted by Crippen LogP contribution is 2.34. The summed E-state index contributed by atoms with van der Waals surface area (Å²) in [5, 5.41) is 19.9. The Labute approximate surface area is 326 Å². The number of pyridine rings is 2. The van der Waals surface area contributed by atoms with Crippen LogP contribution >= 0.6 is 0 Å². The fourth-order valence-corrected chi connectivity index (χ4v) is 8.07. The largest absolute Gasteiger partial charge is 0.374 e. The van der Waals surface area contributed by atoms with Gasteiger partial charge in [-0.3, -0.25) is 24.6 Å². The van der Waals surface area contributed by atoms with E-state index < -0.39 is 6.04 Å². The molecule has 0 bridgehead atoms. The Hall–Kier alpha value is -6.26. The fraction of sp³-hybridized carbons (Fsp3) is 0.349. The second-order valence-corrected chi connectivity index (χ2v) is 15.1. The van der Waals surface area contributed by atoms with Crippen molar-refractivity contribution in [1.29, 1.82) is 5.26 Å². The maximum absolute atomic E-state index is 13.4. The van der Waals surface area contributed by atoms with E-state index in [-0.39, 0.29) is 17.7 Å². The van der Waals surface area contributed by atoms with E-state index in [1.54, 1.807) is 10.7 Å². The molecule has 56 heavy (non-hydrogen) atoms. The van der Waals surface area contributed by atoms with E-state index in [0.717, 1.165) is 84.0 Å². The molecule has 8 rings (SSSR count). The number of amides is 3. The van der Waals surface area contributed by atoms with Gasteiger partial charge in [-0.25, -0.2) is 9.50 Å². The summed E-state index contributed by atoms with van der Waals surface area (Å²) in [6, 6.07) is 24.8. The van der Waals surface area contributed by atoms with E-state index in [1.165, 1.54) is 5.56 Å². The zero-order valence-electron chi connectivity index (χ0n) is 31.8. The molecule has 0 saturated carbocycles. The van der Waals surface area contributed by atoms with Crippen molar-refractivity contribution in [3.8, 4) is 28.3 Å². The van der Waals surface area contributed by atoms with Crippen LogP contribution < -0.4 is 20.4 Å². The molecule has 3 fully saturated rings. The molecule has 286 valence electrons. The van der Waals surface area contributed by atoms with Crippen molar-refractivity contribution in [2.75, 3.05) is 75.0 Å². The first kappa shape index (κ1) is 36.7. The number of hydrogen-bond acceptors (Lipinski definition) is 10. The van der Waals surface area contributed by atoms with Crippen LogP contribution in [0.3, 0.4) is 0 Å². The van der Waals surface area contributed by atoms with Gasteiger partial charge in [0, 0.05) is 87.2 Å². The maximum atomic E-state index is 13.4. The lowest BCUT2D eigenvalue weighted by Crippen LogP contribution is -2.51. The van der Waals surface area contributed by atoms with Gasteiger partial charge in [-0.1, -0.05) is 24.3 Å². The number of carbonyl (C=O) groups is 3. The number of carbonyl (C=O) groups excluding carboxylic acids is 3. The predicted molar refractivity (Wildman–Crippen MR) is 216 cm³/mol. The van der Waals surface area contributed by atoms with E-state index in [0.29, 0.717) is 44.0 Å². The number of piperazine rings is 1. The summed E-state index contributed by atoms with van der Waals surface area (Å²) in [7, 11) is 3.91. The molecule has 2 N–H and O–H groups in total. The Morgan fingerprint density at radius 1 is 0.893 bits per heavy atom. The highest BCUT2D eigenvalue weighted by Gasteiger charge is 2.28. The molecule has 3 saturated heterocycles. The normalized spacial score (nSPS) is 18.1. The summed E-state index contributed by atoms with van der Waals surface area (Å²) in [5.74, 6) is 1.00. The molecule has 2 aromatic carbocycles. The van der Waals surface area contributed by atoms with E-state index in [2.05, 4.69) is 79.0 Å². The number of hydrogen-bond donors (Lipinski definition) is 2. The van der Waals surface area contributed by atoms with Crippen molar-refractivity contribution >= 4 is 40.4 Å². The lowest BCUT2D eigenvalue weighted by molar-refractivity contribution is -0.134. The number of piperidine rings is 2. The summed E-state index contributed by atoms with van der Waals surface area (Å²) in [6.45, 7) is 5.15. The minimum atomic E-state index is -0.392. The lowest BCUT2D eigenvalue weighted by atomic mass is 9.89. The molecule has 0 aliphatic carbocycles. The molecule has 0 radical (unpaired) electrons. The Morgan fingerprint density at radius 3 is 2.29 bits per heavy atom. The molecular formula is C43H46N10O3. The van der Waals surface area contributed by atoms with Gasteiger partial charge in [0.15, 0.2) is 0 Å². The van der Waals surface area contributed by atoms with Crippen molar-refractivity contribution in [2.45, 2.75) is 37.6 Å². The Kier molecular flexibility index (Phi) is 10.4. The van der Waals surface area contributed by atoms with Crippen LogP contribution in [0.25, 0.3) is 27.8 Å². The highest BCUT2D eigenvalue weighted by atomic mass is 16.2. The van der Waals surface area contributed by atoms with Crippen LogP contribution in [0.15, 0.2) is 85.3 Å². The number of likely N-dealkylation sites (tertiary alicyclic amines) is 1. The molecule has 13 heteroatoms. The molecule has 3 aliphatic heterocycles. The van der Waals surface area contributed by atoms with E-state index >= 15 is 0 Å². The van der Waals surface area contributed by atoms with Gasteiger partial charge in [0.2, 0.25) is 17.7 Å². The number of benzene rings is 2. The van der Waals surface area contributed by atoms with E-state index in [1.807, 2.05) is 60.6 Å². The van der Waals surface area contributed by atoms with Crippen molar-refractivity contribution in [3.63, 3.8) is 0 Å². The van der Waals surface area contributed by atoms with Gasteiger partial charge in [-0.05, 0) is 91.9 Å². The third-order valence-electron chi connectivity index (χ3n) is 11.4. The first-order valence-electron chi connectivity index (χ1n) is 19.3. The van der Waals surface area contributed by atoms with Gasteiger partial charge in [-0.15, -0.1) is 0 Å². The maximum Gasteiger partial charge on any atom is 0.249 e. The lowest BCUT2D eigenvalue weighted by Gasteiger charge is -2.38. The zero-order chi connectivity index (χ0) is 38.8. The Morgan fingerprint density at radius 2 is 1.62 bits per heavy atom. The summed E-state index contributed by atoms with van der Waals surface area (Å²) in [5.41, 5.74) is 8.39. The third kappa shape index (κ3) is 7.79. The van der Waals surface area contributed by atoms with Crippen molar-refractivity contribution in [1.82, 2.24) is 29.7 Å². The van der Waals surface area contributed by atoms with Crippen LogP contribution in [0.1, 0.15) is 42.7 Å². The van der Waals surface area contributed by atoms with Crippen LogP contribution in [0.5, 0.6) is 0 Å². The molecule has 5 aromatic rings. The van der Waals surface area contributed by atoms with E-state index in [9.17, 15) is 19.6 Å². The first-order chi connectivity index (χ1) is 27.2. The van der Waals surface area contributed by atoms with E-state index in [4.69, 9.17) is 0 Å². The molecule has 13 nitrogen and oxygen atoms in total. The van der Waals surface area contributed by atoms with Crippen LogP contribution in [0.2, 0.25) is 0 Å². The summed E-state index contributed by atoms with van der Waals surface area (Å²) in [6.07, 6.45) is 8.25. The predicted octanol–water partition coefficient (Wildman–Crippen LogP) is 4.75. The molecule has 1 unspecified atom stereocenters. The number of anilines is 3. The van der Waals surface area contributed by atoms with Gasteiger partial charge < -0.3 is 20.0 Å². The first-order valence-corrected chi connectivity index (χ1v) is 19.3. The SMILES string of the molecule is CN(C)c1ccc(-c2cc(-c3ccc(N4CCN(C(=O)CN5CCC(c6ccc(NC7CCC(=O)NC7=O)cc6)CC5)CC4)cc3)cn3ncc(C#N)c23)cn1. The highest BCUT2D eigenvalue weighted by molar-refractivity contribution is 6.01. The van der Waals surface area contributed by atoms with Crippen LogP contribution in [0, 0.1) is 11.3 Å². The second-order valence-electron chi connectivity index (χ2n) is 15.1. The quantitative estimate of drug-likeness (QED) is 0.203. The number of nitrogens with one attached hydrogen (secondary N) is 2. The summed E-state index contributed by atoms with van der Waals surface area (Å²) >= 11 is 0. The molecule has 3 aromatic heterocycles. The number of rotatable bonds is 9. The minimum absolute atomic E-state index is 0.193. The van der Waals surface area contributed by atoms with Gasteiger partial charge in [0.05, 0.1) is 23.8 Å². The summed E-state index contributed by atoms with van der Waals surface area (Å²) < 4.78 is 1.78. The van der Waals surface area contributed by atoms with Gasteiger partial charge in [-0.2, -0.15) is 10.4 Å². The molecule has 6 heterocycles. The Bertz CT molecular complexity index is 2260. The monoisotopic (exact) mass is 750 g/mol. The van der Waals surface area contributed by atoms with Crippen LogP contribution in [-0.4, -0.2) is 108 Å². The number of imide groups is 1.